The van der Waals surface area contributed by atoms with Gasteiger partial charge in [0.1, 0.15) is 0 Å². The molecule has 0 spiro atoms. The Bertz CT molecular complexity index is 219. The van der Waals surface area contributed by atoms with Crippen molar-refractivity contribution in [3.8, 4) is 0 Å². The monoisotopic (exact) mass is 215 g/mol. The Hall–Kier alpha value is -1.10. The second kappa shape index (κ2) is 7.23. The molecule has 2 atom stereocenters. The van der Waals surface area contributed by atoms with Crippen molar-refractivity contribution >= 4 is 11.8 Å². The Morgan fingerprint density at radius 2 is 2.13 bits per heavy atom. The van der Waals surface area contributed by atoms with Gasteiger partial charge in [-0.05, 0) is 12.8 Å². The third kappa shape index (κ3) is 5.37. The van der Waals surface area contributed by atoms with Crippen LogP contribution in [0.4, 0.5) is 0 Å². The highest BCUT2D eigenvalue weighted by atomic mass is 16.2. The fourth-order valence-electron chi connectivity index (χ4n) is 1.29. The van der Waals surface area contributed by atoms with Crippen LogP contribution in [0.3, 0.4) is 0 Å². The number of carbonyl (C=O) groups is 2. The van der Waals surface area contributed by atoms with Gasteiger partial charge in [-0.25, -0.2) is 0 Å². The summed E-state index contributed by atoms with van der Waals surface area (Å²) in [5, 5.41) is 2.67. The first-order chi connectivity index (χ1) is 7.02. The highest BCUT2D eigenvalue weighted by Crippen LogP contribution is 2.14. The van der Waals surface area contributed by atoms with Gasteiger partial charge in [-0.1, -0.05) is 20.3 Å². The minimum absolute atomic E-state index is 0.0216. The van der Waals surface area contributed by atoms with Crippen LogP contribution in [0.15, 0.2) is 0 Å². The van der Waals surface area contributed by atoms with Crippen molar-refractivity contribution in [1.82, 2.24) is 5.32 Å². The molecule has 5 nitrogen and oxygen atoms in total. The van der Waals surface area contributed by atoms with E-state index in [1.165, 1.54) is 6.42 Å². The van der Waals surface area contributed by atoms with Gasteiger partial charge in [0.15, 0.2) is 0 Å². The molecular weight excluding hydrogens is 194 g/mol. The van der Waals surface area contributed by atoms with Gasteiger partial charge in [-0.2, -0.15) is 0 Å². The quantitative estimate of drug-likeness (QED) is 0.605. The maximum atomic E-state index is 11.0. The maximum Gasteiger partial charge on any atom is 0.234 e. The zero-order valence-corrected chi connectivity index (χ0v) is 9.45. The third-order valence-electron chi connectivity index (χ3n) is 2.07. The molecule has 88 valence electrons. The van der Waals surface area contributed by atoms with Crippen LogP contribution in [0.25, 0.3) is 0 Å². The van der Waals surface area contributed by atoms with Crippen molar-refractivity contribution in [2.45, 2.75) is 39.2 Å². The minimum atomic E-state index is -0.696. The molecule has 0 bridgehead atoms. The summed E-state index contributed by atoms with van der Waals surface area (Å²) in [6.45, 7) is 4.93. The van der Waals surface area contributed by atoms with Crippen molar-refractivity contribution in [2.24, 2.45) is 17.4 Å². The highest BCUT2D eigenvalue weighted by molar-refractivity contribution is 5.83. The maximum absolute atomic E-state index is 11.0. The summed E-state index contributed by atoms with van der Waals surface area (Å²) < 4.78 is 0. The van der Waals surface area contributed by atoms with E-state index >= 15 is 0 Å². The Balaban J connectivity index is 0.000000583. The number of nitrogens with two attached hydrogens (primary N) is 2. The molecule has 1 aliphatic heterocycles. The van der Waals surface area contributed by atoms with E-state index in [1.807, 2.05) is 0 Å². The highest BCUT2D eigenvalue weighted by Gasteiger charge is 2.27. The molecule has 1 fully saturated rings. The summed E-state index contributed by atoms with van der Waals surface area (Å²) in [6, 6.07) is -0.696. The molecule has 0 aliphatic carbocycles. The van der Waals surface area contributed by atoms with Crippen LogP contribution in [0.5, 0.6) is 0 Å². The average Bonchev–Trinajstić information content (AvgIpc) is 2.53. The van der Waals surface area contributed by atoms with E-state index in [9.17, 15) is 9.59 Å². The molecule has 1 heterocycles. The van der Waals surface area contributed by atoms with Gasteiger partial charge in [0.2, 0.25) is 11.8 Å². The lowest BCUT2D eigenvalue weighted by Gasteiger charge is -2.10. The van der Waals surface area contributed by atoms with Crippen molar-refractivity contribution in [1.29, 1.82) is 0 Å². The number of primary amides is 1. The zero-order chi connectivity index (χ0) is 11.8. The predicted molar refractivity (Wildman–Crippen MR) is 58.9 cm³/mol. The van der Waals surface area contributed by atoms with Gasteiger partial charge in [-0.3, -0.25) is 9.59 Å². The molecule has 1 saturated heterocycles. The third-order valence-corrected chi connectivity index (χ3v) is 2.07. The molecule has 1 rings (SSSR count). The van der Waals surface area contributed by atoms with Crippen LogP contribution in [0.1, 0.15) is 33.1 Å². The first kappa shape index (κ1) is 13.9. The summed E-state index contributed by atoms with van der Waals surface area (Å²) in [6.07, 6.45) is 2.36. The summed E-state index contributed by atoms with van der Waals surface area (Å²) in [4.78, 5) is 21.6. The molecule has 15 heavy (non-hydrogen) atoms. The fraction of sp³-hybridized carbons (Fsp3) is 0.800. The second-order valence-corrected chi connectivity index (χ2v) is 3.73. The Morgan fingerprint density at radius 1 is 1.60 bits per heavy atom. The van der Waals surface area contributed by atoms with Crippen molar-refractivity contribution in [2.75, 3.05) is 6.54 Å². The lowest BCUT2D eigenvalue weighted by Crippen LogP contribution is -2.39. The molecule has 2 amide bonds. The van der Waals surface area contributed by atoms with Gasteiger partial charge < -0.3 is 16.8 Å². The van der Waals surface area contributed by atoms with Crippen LogP contribution < -0.4 is 16.8 Å². The predicted octanol–water partition coefficient (Wildman–Crippen LogP) is -0.258. The summed E-state index contributed by atoms with van der Waals surface area (Å²) >= 11 is 0. The number of amides is 2. The minimum Gasteiger partial charge on any atom is -0.368 e. The van der Waals surface area contributed by atoms with E-state index in [2.05, 4.69) is 19.2 Å². The van der Waals surface area contributed by atoms with Crippen molar-refractivity contribution < 1.29 is 9.59 Å². The van der Waals surface area contributed by atoms with E-state index in [0.717, 1.165) is 6.42 Å². The summed E-state index contributed by atoms with van der Waals surface area (Å²) in [5.41, 5.74) is 10.4. The van der Waals surface area contributed by atoms with Crippen LogP contribution in [0, 0.1) is 5.92 Å². The SMILES string of the molecule is CCC.NC(=O)[C@@H](N)CC1CCNC1=O. The van der Waals surface area contributed by atoms with Crippen LogP contribution in [0.2, 0.25) is 0 Å². The first-order valence-corrected chi connectivity index (χ1v) is 5.35. The standard InChI is InChI=1S/C7H13N3O2.C3H8/c8-5(6(9)11)3-4-1-2-10-7(4)12;1-3-2/h4-5H,1-3,8H2,(H2,9,11)(H,10,12);3H2,1-2H3/t4?,5-;/m0./s1. The van der Waals surface area contributed by atoms with Crippen molar-refractivity contribution in [3.63, 3.8) is 0 Å². The normalized spacial score (nSPS) is 21.3. The number of nitrogens with one attached hydrogen (secondary N) is 1. The van der Waals surface area contributed by atoms with Gasteiger partial charge in [0.25, 0.3) is 0 Å². The summed E-state index contributed by atoms with van der Waals surface area (Å²) in [7, 11) is 0. The zero-order valence-electron chi connectivity index (χ0n) is 9.45. The van der Waals surface area contributed by atoms with Gasteiger partial charge in [-0.15, -0.1) is 0 Å². The van der Waals surface area contributed by atoms with Gasteiger partial charge in [0.05, 0.1) is 6.04 Å². The van der Waals surface area contributed by atoms with Crippen LogP contribution in [-0.4, -0.2) is 24.4 Å². The van der Waals surface area contributed by atoms with Crippen LogP contribution >= 0.6 is 0 Å². The smallest absolute Gasteiger partial charge is 0.234 e. The molecule has 0 radical (unpaired) electrons. The molecule has 5 N–H and O–H groups in total. The largest absolute Gasteiger partial charge is 0.368 e. The second-order valence-electron chi connectivity index (χ2n) is 3.73. The number of carbonyl (C=O) groups excluding carboxylic acids is 2. The first-order valence-electron chi connectivity index (χ1n) is 5.35. The molecule has 5 heteroatoms. The summed E-state index contributed by atoms with van der Waals surface area (Å²) in [5.74, 6) is -0.700. The molecule has 1 unspecified atom stereocenters. The molecular formula is C10H21N3O2. The molecule has 0 aromatic heterocycles. The number of rotatable bonds is 3. The van der Waals surface area contributed by atoms with E-state index in [-0.39, 0.29) is 11.8 Å². The van der Waals surface area contributed by atoms with E-state index in [4.69, 9.17) is 11.5 Å². The molecule has 0 aromatic rings. The Morgan fingerprint density at radius 3 is 2.47 bits per heavy atom. The van der Waals surface area contributed by atoms with E-state index in [1.54, 1.807) is 0 Å². The van der Waals surface area contributed by atoms with E-state index < -0.39 is 11.9 Å². The molecule has 1 aliphatic rings. The average molecular weight is 215 g/mol. The van der Waals surface area contributed by atoms with Gasteiger partial charge >= 0.3 is 0 Å². The number of hydrogen-bond acceptors (Lipinski definition) is 3. The Labute approximate surface area is 90.6 Å². The lowest BCUT2D eigenvalue weighted by atomic mass is 9.99. The molecule has 0 aromatic carbocycles. The fourth-order valence-corrected chi connectivity index (χ4v) is 1.29. The van der Waals surface area contributed by atoms with Crippen LogP contribution in [-0.2, 0) is 9.59 Å². The van der Waals surface area contributed by atoms with E-state index in [0.29, 0.717) is 13.0 Å². The van der Waals surface area contributed by atoms with Gasteiger partial charge in [0, 0.05) is 12.5 Å². The number of hydrogen-bond donors (Lipinski definition) is 3. The Kier molecular flexibility index (Phi) is 6.70. The topological polar surface area (TPSA) is 98.2 Å². The molecule has 0 saturated carbocycles. The van der Waals surface area contributed by atoms with Crippen molar-refractivity contribution in [3.05, 3.63) is 0 Å². The lowest BCUT2D eigenvalue weighted by molar-refractivity contribution is -0.123.